The van der Waals surface area contributed by atoms with Crippen molar-refractivity contribution >= 4 is 17.5 Å². The highest BCUT2D eigenvalue weighted by atomic mass is 15.3. The van der Waals surface area contributed by atoms with Gasteiger partial charge in [0.05, 0.1) is 0 Å². The summed E-state index contributed by atoms with van der Waals surface area (Å²) < 4.78 is 0. The molecule has 0 amide bonds. The molecule has 1 N–H and O–H groups in total. The smallest absolute Gasteiger partial charge is 0.229 e. The summed E-state index contributed by atoms with van der Waals surface area (Å²) in [5.41, 5.74) is 3.25. The fraction of sp³-hybridized carbons (Fsp3) is 0.500. The highest BCUT2D eigenvalue weighted by Gasteiger charge is 2.19. The fourth-order valence-corrected chi connectivity index (χ4v) is 3.21. The predicted octanol–water partition coefficient (Wildman–Crippen LogP) is 3.62. The van der Waals surface area contributed by atoms with E-state index in [2.05, 4.69) is 71.2 Å². The summed E-state index contributed by atoms with van der Waals surface area (Å²) in [6.07, 6.45) is 0. The number of hydrogen-bond acceptors (Lipinski definition) is 5. The summed E-state index contributed by atoms with van der Waals surface area (Å²) in [6, 6.07) is 10.4. The number of rotatable bonds is 5. The van der Waals surface area contributed by atoms with Gasteiger partial charge in [0.1, 0.15) is 5.82 Å². The minimum absolute atomic E-state index is 0.670. The number of nitrogens with zero attached hydrogens (tertiary/aromatic N) is 4. The standard InChI is InChI=1S/C20H29N5/c1-15(2)14-24-9-11-25(12-10-24)19-13-17(4)21-20(23-19)22-18-7-5-16(3)6-8-18/h5-8,13,15H,9-12,14H2,1-4H3,(H,21,22,23). The van der Waals surface area contributed by atoms with Crippen LogP contribution >= 0.6 is 0 Å². The zero-order chi connectivity index (χ0) is 17.8. The first-order chi connectivity index (χ1) is 12.0. The second kappa shape index (κ2) is 7.83. The molecule has 0 spiro atoms. The summed E-state index contributed by atoms with van der Waals surface area (Å²) in [5, 5.41) is 3.33. The summed E-state index contributed by atoms with van der Waals surface area (Å²) in [4.78, 5) is 14.2. The van der Waals surface area contributed by atoms with Crippen molar-refractivity contribution < 1.29 is 0 Å². The van der Waals surface area contributed by atoms with Crippen molar-refractivity contribution in [3.8, 4) is 0 Å². The van der Waals surface area contributed by atoms with Crippen LogP contribution in [0.3, 0.4) is 0 Å². The number of aryl methyl sites for hydroxylation is 2. The first kappa shape index (κ1) is 17.7. The van der Waals surface area contributed by atoms with Crippen LogP contribution in [-0.4, -0.2) is 47.6 Å². The lowest BCUT2D eigenvalue weighted by atomic mass is 10.2. The Balaban J connectivity index is 1.68. The quantitative estimate of drug-likeness (QED) is 0.901. The summed E-state index contributed by atoms with van der Waals surface area (Å²) in [6.45, 7) is 14.1. The van der Waals surface area contributed by atoms with Crippen molar-refractivity contribution in [3.63, 3.8) is 0 Å². The SMILES string of the molecule is Cc1ccc(Nc2nc(C)cc(N3CCN(CC(C)C)CC3)n2)cc1. The second-order valence-corrected chi connectivity index (χ2v) is 7.36. The Hall–Kier alpha value is -2.14. The molecule has 0 atom stereocenters. The lowest BCUT2D eigenvalue weighted by molar-refractivity contribution is 0.231. The molecule has 0 bridgehead atoms. The third kappa shape index (κ3) is 4.92. The molecule has 0 unspecified atom stereocenters. The molecule has 5 nitrogen and oxygen atoms in total. The number of anilines is 3. The topological polar surface area (TPSA) is 44.3 Å². The van der Waals surface area contributed by atoms with Crippen LogP contribution in [-0.2, 0) is 0 Å². The van der Waals surface area contributed by atoms with Crippen LogP contribution in [0, 0.1) is 19.8 Å². The van der Waals surface area contributed by atoms with Gasteiger partial charge in [-0.3, -0.25) is 4.90 Å². The van der Waals surface area contributed by atoms with Crippen LogP contribution in [0.5, 0.6) is 0 Å². The lowest BCUT2D eigenvalue weighted by Gasteiger charge is -2.36. The second-order valence-electron chi connectivity index (χ2n) is 7.36. The largest absolute Gasteiger partial charge is 0.354 e. The lowest BCUT2D eigenvalue weighted by Crippen LogP contribution is -2.47. The van der Waals surface area contributed by atoms with Gasteiger partial charge >= 0.3 is 0 Å². The molecule has 1 aliphatic heterocycles. The maximum atomic E-state index is 4.75. The first-order valence-electron chi connectivity index (χ1n) is 9.16. The molecule has 25 heavy (non-hydrogen) atoms. The highest BCUT2D eigenvalue weighted by Crippen LogP contribution is 2.20. The van der Waals surface area contributed by atoms with Crippen LogP contribution in [0.1, 0.15) is 25.1 Å². The van der Waals surface area contributed by atoms with Crippen molar-refractivity contribution in [2.75, 3.05) is 42.9 Å². The molecule has 1 fully saturated rings. The van der Waals surface area contributed by atoms with E-state index in [1.165, 1.54) is 12.1 Å². The minimum atomic E-state index is 0.670. The first-order valence-corrected chi connectivity index (χ1v) is 9.16. The van der Waals surface area contributed by atoms with E-state index in [1.54, 1.807) is 0 Å². The molecule has 1 aromatic heterocycles. The molecule has 1 aliphatic rings. The number of aromatic nitrogens is 2. The molecule has 1 saturated heterocycles. The average Bonchev–Trinajstić information content (AvgIpc) is 2.57. The van der Waals surface area contributed by atoms with Crippen LogP contribution in [0.25, 0.3) is 0 Å². The van der Waals surface area contributed by atoms with E-state index in [1.807, 2.05) is 6.92 Å². The van der Waals surface area contributed by atoms with E-state index < -0.39 is 0 Å². The highest BCUT2D eigenvalue weighted by molar-refractivity contribution is 5.56. The van der Waals surface area contributed by atoms with E-state index in [-0.39, 0.29) is 0 Å². The van der Waals surface area contributed by atoms with Gasteiger partial charge in [0.15, 0.2) is 0 Å². The number of nitrogens with one attached hydrogen (secondary N) is 1. The van der Waals surface area contributed by atoms with Gasteiger partial charge in [0, 0.05) is 50.2 Å². The fourth-order valence-electron chi connectivity index (χ4n) is 3.21. The number of hydrogen-bond donors (Lipinski definition) is 1. The van der Waals surface area contributed by atoms with Crippen molar-refractivity contribution in [2.45, 2.75) is 27.7 Å². The number of piperazine rings is 1. The number of benzene rings is 1. The van der Waals surface area contributed by atoms with Crippen molar-refractivity contribution in [3.05, 3.63) is 41.6 Å². The van der Waals surface area contributed by atoms with E-state index in [0.717, 1.165) is 49.3 Å². The van der Waals surface area contributed by atoms with E-state index in [0.29, 0.717) is 5.95 Å². The zero-order valence-corrected chi connectivity index (χ0v) is 15.8. The molecule has 0 aliphatic carbocycles. The van der Waals surface area contributed by atoms with E-state index in [4.69, 9.17) is 4.98 Å². The molecule has 1 aromatic carbocycles. The Bertz CT molecular complexity index is 688. The molecular formula is C20H29N5. The summed E-state index contributed by atoms with van der Waals surface area (Å²) >= 11 is 0. The van der Waals surface area contributed by atoms with Gasteiger partial charge in [0.25, 0.3) is 0 Å². The molecular weight excluding hydrogens is 310 g/mol. The van der Waals surface area contributed by atoms with Crippen molar-refractivity contribution in [2.24, 2.45) is 5.92 Å². The molecule has 5 heteroatoms. The predicted molar refractivity (Wildman–Crippen MR) is 105 cm³/mol. The van der Waals surface area contributed by atoms with Gasteiger partial charge in [-0.2, -0.15) is 4.98 Å². The van der Waals surface area contributed by atoms with Gasteiger partial charge in [-0.05, 0) is 31.9 Å². The molecule has 2 aromatic rings. The van der Waals surface area contributed by atoms with Gasteiger partial charge in [-0.15, -0.1) is 0 Å². The molecule has 0 saturated carbocycles. The average molecular weight is 339 g/mol. The van der Waals surface area contributed by atoms with Crippen LogP contribution in [0.4, 0.5) is 17.5 Å². The van der Waals surface area contributed by atoms with Gasteiger partial charge in [0.2, 0.25) is 5.95 Å². The molecule has 3 rings (SSSR count). The zero-order valence-electron chi connectivity index (χ0n) is 15.8. The van der Waals surface area contributed by atoms with Gasteiger partial charge in [-0.25, -0.2) is 4.98 Å². The minimum Gasteiger partial charge on any atom is -0.354 e. The third-order valence-electron chi connectivity index (χ3n) is 4.47. The monoisotopic (exact) mass is 339 g/mol. The van der Waals surface area contributed by atoms with Crippen molar-refractivity contribution in [1.29, 1.82) is 0 Å². The summed E-state index contributed by atoms with van der Waals surface area (Å²) in [7, 11) is 0. The third-order valence-corrected chi connectivity index (χ3v) is 4.47. The van der Waals surface area contributed by atoms with Crippen molar-refractivity contribution in [1.82, 2.24) is 14.9 Å². The Kier molecular flexibility index (Phi) is 5.53. The molecule has 134 valence electrons. The van der Waals surface area contributed by atoms with Gasteiger partial charge in [-0.1, -0.05) is 31.5 Å². The van der Waals surface area contributed by atoms with Crippen LogP contribution < -0.4 is 10.2 Å². The Morgan fingerprint density at radius 2 is 1.68 bits per heavy atom. The van der Waals surface area contributed by atoms with Gasteiger partial charge < -0.3 is 10.2 Å². The molecule has 0 radical (unpaired) electrons. The van der Waals surface area contributed by atoms with E-state index in [9.17, 15) is 0 Å². The Morgan fingerprint density at radius 3 is 2.32 bits per heavy atom. The maximum absolute atomic E-state index is 4.75. The Labute approximate surface area is 151 Å². The molecule has 2 heterocycles. The van der Waals surface area contributed by atoms with Crippen LogP contribution in [0.2, 0.25) is 0 Å². The van der Waals surface area contributed by atoms with E-state index >= 15 is 0 Å². The van der Waals surface area contributed by atoms with Crippen LogP contribution in [0.15, 0.2) is 30.3 Å². The summed E-state index contributed by atoms with van der Waals surface area (Å²) in [5.74, 6) is 2.41. The normalized spacial score (nSPS) is 15.6. The maximum Gasteiger partial charge on any atom is 0.229 e. The Morgan fingerprint density at radius 1 is 1.00 bits per heavy atom.